The maximum Gasteiger partial charge on any atom is 0.0721 e. The Kier molecular flexibility index (Phi) is 3.16. The molecule has 2 atom stereocenters. The number of hydrogen-bond acceptors (Lipinski definition) is 2. The van der Waals surface area contributed by atoms with Crippen LogP contribution in [0, 0.1) is 0 Å². The van der Waals surface area contributed by atoms with E-state index in [9.17, 15) is 0 Å². The molecule has 2 unspecified atom stereocenters. The van der Waals surface area contributed by atoms with Crippen LogP contribution in [0.3, 0.4) is 0 Å². The maximum atomic E-state index is 5.32. The molecule has 2 heteroatoms. The molecule has 10 heavy (non-hydrogen) atoms. The predicted molar refractivity (Wildman–Crippen MR) is 42.1 cm³/mol. The zero-order valence-electron chi connectivity index (χ0n) is 6.89. The summed E-state index contributed by atoms with van der Waals surface area (Å²) in [6.07, 6.45) is 4.15. The molecule has 1 N–H and O–H groups in total. The average Bonchev–Trinajstić information content (AvgIpc) is 2.43. The molecular weight excluding hydrogens is 126 g/mol. The van der Waals surface area contributed by atoms with Crippen LogP contribution in [0.1, 0.15) is 26.2 Å². The lowest BCUT2D eigenvalue weighted by atomic mass is 10.1. The molecule has 1 aliphatic heterocycles. The van der Waals surface area contributed by atoms with Crippen molar-refractivity contribution in [3.05, 3.63) is 0 Å². The minimum absolute atomic E-state index is 0.433. The molecule has 0 radical (unpaired) electrons. The fourth-order valence-corrected chi connectivity index (χ4v) is 1.64. The molecule has 0 bridgehead atoms. The summed E-state index contributed by atoms with van der Waals surface area (Å²) in [4.78, 5) is 0. The summed E-state index contributed by atoms with van der Waals surface area (Å²) in [5, 5.41) is 3.43. The Balaban J connectivity index is 2.29. The first kappa shape index (κ1) is 8.02. The van der Waals surface area contributed by atoms with E-state index >= 15 is 0 Å². The van der Waals surface area contributed by atoms with Crippen molar-refractivity contribution < 1.29 is 4.74 Å². The van der Waals surface area contributed by atoms with Crippen molar-refractivity contribution in [1.29, 1.82) is 0 Å². The Morgan fingerprint density at radius 2 is 2.50 bits per heavy atom. The van der Waals surface area contributed by atoms with Crippen LogP contribution in [0.5, 0.6) is 0 Å². The van der Waals surface area contributed by atoms with E-state index in [4.69, 9.17) is 4.74 Å². The normalized spacial score (nSPS) is 28.8. The monoisotopic (exact) mass is 143 g/mol. The van der Waals surface area contributed by atoms with E-state index in [1.165, 1.54) is 19.4 Å². The molecule has 0 spiro atoms. The number of hydrogen-bond donors (Lipinski definition) is 1. The zero-order valence-corrected chi connectivity index (χ0v) is 6.89. The third-order valence-electron chi connectivity index (χ3n) is 2.25. The van der Waals surface area contributed by atoms with Gasteiger partial charge in [-0.1, -0.05) is 6.92 Å². The molecule has 1 heterocycles. The highest BCUT2D eigenvalue weighted by Gasteiger charge is 2.22. The highest BCUT2D eigenvalue weighted by Crippen LogP contribution is 2.13. The van der Waals surface area contributed by atoms with Crippen molar-refractivity contribution in [2.24, 2.45) is 0 Å². The van der Waals surface area contributed by atoms with E-state index in [1.807, 2.05) is 0 Å². The Bertz CT molecular complexity index is 85.3. The summed E-state index contributed by atoms with van der Waals surface area (Å²) in [6, 6.07) is 0.620. The minimum Gasteiger partial charge on any atom is -0.380 e. The molecular formula is C8H17NO. The molecule has 1 fully saturated rings. The first-order valence-electron chi connectivity index (χ1n) is 4.14. The van der Waals surface area contributed by atoms with Crippen LogP contribution >= 0.6 is 0 Å². The van der Waals surface area contributed by atoms with Crippen LogP contribution in [0.25, 0.3) is 0 Å². The first-order valence-corrected chi connectivity index (χ1v) is 4.14. The number of nitrogens with one attached hydrogen (secondary N) is 1. The van der Waals surface area contributed by atoms with Crippen LogP contribution in [0.15, 0.2) is 0 Å². The fourth-order valence-electron chi connectivity index (χ4n) is 1.64. The van der Waals surface area contributed by atoms with E-state index < -0.39 is 0 Å². The topological polar surface area (TPSA) is 21.3 Å². The second-order valence-electron chi connectivity index (χ2n) is 2.89. The molecule has 2 nitrogen and oxygen atoms in total. The molecule has 0 aliphatic carbocycles. The molecule has 1 saturated heterocycles. The predicted octanol–water partition coefficient (Wildman–Crippen LogP) is 1.16. The van der Waals surface area contributed by atoms with Crippen molar-refractivity contribution in [3.63, 3.8) is 0 Å². The van der Waals surface area contributed by atoms with E-state index in [-0.39, 0.29) is 0 Å². The second kappa shape index (κ2) is 3.94. The number of methoxy groups -OCH3 is 1. The van der Waals surface area contributed by atoms with Crippen molar-refractivity contribution in [1.82, 2.24) is 5.32 Å². The molecule has 0 amide bonds. The van der Waals surface area contributed by atoms with E-state index in [1.54, 1.807) is 7.11 Å². The summed E-state index contributed by atoms with van der Waals surface area (Å²) in [6.45, 7) is 3.35. The summed E-state index contributed by atoms with van der Waals surface area (Å²) < 4.78 is 5.32. The molecule has 1 rings (SSSR count). The van der Waals surface area contributed by atoms with Crippen LogP contribution in [-0.4, -0.2) is 25.8 Å². The van der Waals surface area contributed by atoms with Crippen LogP contribution < -0.4 is 5.32 Å². The molecule has 1 aliphatic rings. The van der Waals surface area contributed by atoms with Crippen LogP contribution in [-0.2, 0) is 4.74 Å². The third kappa shape index (κ3) is 1.70. The lowest BCUT2D eigenvalue weighted by Gasteiger charge is -2.20. The van der Waals surface area contributed by atoms with Gasteiger partial charge in [-0.3, -0.25) is 0 Å². The Hall–Kier alpha value is -0.0800. The summed E-state index contributed by atoms with van der Waals surface area (Å²) >= 11 is 0. The standard InChI is InChI=1S/C8H17NO/c1-3-8(10-2)7-5-4-6-9-7/h7-9H,3-6H2,1-2H3. The van der Waals surface area contributed by atoms with Gasteiger partial charge in [0.1, 0.15) is 0 Å². The largest absolute Gasteiger partial charge is 0.380 e. The zero-order chi connectivity index (χ0) is 7.40. The lowest BCUT2D eigenvalue weighted by molar-refractivity contribution is 0.0714. The van der Waals surface area contributed by atoms with Gasteiger partial charge in [-0.25, -0.2) is 0 Å². The Morgan fingerprint density at radius 3 is 2.90 bits per heavy atom. The van der Waals surface area contributed by atoms with Crippen LogP contribution in [0.2, 0.25) is 0 Å². The fraction of sp³-hybridized carbons (Fsp3) is 1.00. The smallest absolute Gasteiger partial charge is 0.0721 e. The molecule has 0 aromatic carbocycles. The maximum absolute atomic E-state index is 5.32. The van der Waals surface area contributed by atoms with E-state index in [2.05, 4.69) is 12.2 Å². The first-order chi connectivity index (χ1) is 4.88. The SMILES string of the molecule is CCC(OC)C1CCCN1. The van der Waals surface area contributed by atoms with Gasteiger partial charge in [-0.2, -0.15) is 0 Å². The highest BCUT2D eigenvalue weighted by atomic mass is 16.5. The minimum atomic E-state index is 0.433. The Morgan fingerprint density at radius 1 is 1.70 bits per heavy atom. The number of rotatable bonds is 3. The summed E-state index contributed by atoms with van der Waals surface area (Å²) in [5.74, 6) is 0. The molecule has 0 aromatic rings. The lowest BCUT2D eigenvalue weighted by Crippen LogP contribution is -2.35. The number of ether oxygens (including phenoxy) is 1. The highest BCUT2D eigenvalue weighted by molar-refractivity contribution is 4.81. The van der Waals surface area contributed by atoms with Crippen LogP contribution in [0.4, 0.5) is 0 Å². The van der Waals surface area contributed by atoms with Crippen molar-refractivity contribution in [2.45, 2.75) is 38.3 Å². The molecule has 0 aromatic heterocycles. The van der Waals surface area contributed by atoms with Gasteiger partial charge in [0.2, 0.25) is 0 Å². The van der Waals surface area contributed by atoms with Gasteiger partial charge in [0.05, 0.1) is 6.10 Å². The Labute approximate surface area is 63.0 Å². The van der Waals surface area contributed by atoms with Crippen molar-refractivity contribution in [2.75, 3.05) is 13.7 Å². The van der Waals surface area contributed by atoms with Gasteiger partial charge in [-0.05, 0) is 25.8 Å². The van der Waals surface area contributed by atoms with Gasteiger partial charge >= 0.3 is 0 Å². The van der Waals surface area contributed by atoms with Gasteiger partial charge in [-0.15, -0.1) is 0 Å². The summed E-state index contributed by atoms with van der Waals surface area (Å²) in [7, 11) is 1.80. The second-order valence-corrected chi connectivity index (χ2v) is 2.89. The average molecular weight is 143 g/mol. The van der Waals surface area contributed by atoms with E-state index in [0.717, 1.165) is 6.42 Å². The quantitative estimate of drug-likeness (QED) is 0.640. The van der Waals surface area contributed by atoms with Crippen molar-refractivity contribution >= 4 is 0 Å². The summed E-state index contributed by atoms with van der Waals surface area (Å²) in [5.41, 5.74) is 0. The van der Waals surface area contributed by atoms with Crippen molar-refractivity contribution in [3.8, 4) is 0 Å². The third-order valence-corrected chi connectivity index (χ3v) is 2.25. The van der Waals surface area contributed by atoms with Gasteiger partial charge in [0.25, 0.3) is 0 Å². The van der Waals surface area contributed by atoms with Gasteiger partial charge in [0, 0.05) is 13.2 Å². The van der Waals surface area contributed by atoms with Gasteiger partial charge < -0.3 is 10.1 Å². The molecule has 60 valence electrons. The van der Waals surface area contributed by atoms with E-state index in [0.29, 0.717) is 12.1 Å². The van der Waals surface area contributed by atoms with Gasteiger partial charge in [0.15, 0.2) is 0 Å². The molecule has 0 saturated carbocycles.